The summed E-state index contributed by atoms with van der Waals surface area (Å²) in [4.78, 5) is -0.143. The van der Waals surface area contributed by atoms with Crippen molar-refractivity contribution in [3.05, 3.63) is 92.7 Å². The number of halogens is 4. The quantitative estimate of drug-likeness (QED) is 0.405. The van der Waals surface area contributed by atoms with Crippen LogP contribution in [0.25, 0.3) is 0 Å². The van der Waals surface area contributed by atoms with Crippen molar-refractivity contribution in [3.8, 4) is 0 Å². The van der Waals surface area contributed by atoms with Gasteiger partial charge in [-0.25, -0.2) is 17.5 Å². The molecule has 1 heterocycles. The van der Waals surface area contributed by atoms with Gasteiger partial charge >= 0.3 is 0 Å². The first-order chi connectivity index (χ1) is 15.6. The van der Waals surface area contributed by atoms with E-state index in [9.17, 15) is 12.8 Å². The van der Waals surface area contributed by atoms with Gasteiger partial charge in [0.25, 0.3) is 0 Å². The predicted molar refractivity (Wildman–Crippen MR) is 132 cm³/mol. The van der Waals surface area contributed by atoms with Crippen molar-refractivity contribution in [1.29, 1.82) is 0 Å². The van der Waals surface area contributed by atoms with E-state index in [-0.39, 0.29) is 17.5 Å². The Hall–Kier alpha value is -2.16. The Morgan fingerprint density at radius 3 is 2.39 bits per heavy atom. The van der Waals surface area contributed by atoms with E-state index in [1.165, 1.54) is 12.1 Å². The highest BCUT2D eigenvalue weighted by Crippen LogP contribution is 2.39. The summed E-state index contributed by atoms with van der Waals surface area (Å²) in [5.41, 5.74) is 2.54. The van der Waals surface area contributed by atoms with Crippen molar-refractivity contribution in [3.63, 3.8) is 0 Å². The summed E-state index contributed by atoms with van der Waals surface area (Å²) >= 11 is 18.5. The van der Waals surface area contributed by atoms with Gasteiger partial charge in [0.2, 0.25) is 10.0 Å². The average molecular weight is 527 g/mol. The molecule has 0 fully saturated rings. The first-order valence-electron chi connectivity index (χ1n) is 9.96. The number of benzene rings is 3. The summed E-state index contributed by atoms with van der Waals surface area (Å²) in [6, 6.07) is 16.0. The van der Waals surface area contributed by atoms with E-state index < -0.39 is 15.8 Å². The monoisotopic (exact) mass is 525 g/mol. The Morgan fingerprint density at radius 1 is 1.03 bits per heavy atom. The maximum atomic E-state index is 13.9. The Morgan fingerprint density at radius 2 is 1.73 bits per heavy atom. The Balaban J connectivity index is 1.61. The Bertz CT molecular complexity index is 1330. The molecule has 4 rings (SSSR count). The fraction of sp³-hybridized carbons (Fsp3) is 0.174. The van der Waals surface area contributed by atoms with Crippen LogP contribution in [0, 0.1) is 12.7 Å². The summed E-state index contributed by atoms with van der Waals surface area (Å²) in [6.07, 6.45) is 0.450. The van der Waals surface area contributed by atoms with Gasteiger partial charge in [0, 0.05) is 16.5 Å². The van der Waals surface area contributed by atoms with Crippen molar-refractivity contribution in [1.82, 2.24) is 4.72 Å². The summed E-state index contributed by atoms with van der Waals surface area (Å²) in [5.74, 6) is -0.581. The van der Waals surface area contributed by atoms with E-state index in [0.717, 1.165) is 11.6 Å². The van der Waals surface area contributed by atoms with Gasteiger partial charge in [0.15, 0.2) is 0 Å². The third-order valence-corrected chi connectivity index (χ3v) is 7.49. The van der Waals surface area contributed by atoms with E-state index in [0.29, 0.717) is 38.5 Å². The highest BCUT2D eigenvalue weighted by molar-refractivity contribution is 7.89. The fourth-order valence-corrected chi connectivity index (χ4v) is 5.17. The minimum absolute atomic E-state index is 0.0381. The second-order valence-electron chi connectivity index (χ2n) is 7.61. The van der Waals surface area contributed by atoms with E-state index in [2.05, 4.69) is 9.82 Å². The van der Waals surface area contributed by atoms with Crippen molar-refractivity contribution < 1.29 is 12.8 Å². The summed E-state index contributed by atoms with van der Waals surface area (Å²) in [7, 11) is -3.92. The molecular weight excluding hydrogens is 508 g/mol. The van der Waals surface area contributed by atoms with Crippen molar-refractivity contribution in [2.45, 2.75) is 24.3 Å². The maximum Gasteiger partial charge on any atom is 0.241 e. The third kappa shape index (κ3) is 5.34. The molecular formula is C23H19Cl3FN3O2S. The standard InChI is InChI=1S/C23H19Cl3FN3O2S/c1-14-2-8-19(12-21(14)27)33(31,32)28-13-18-11-23(15-3-5-16(24)6-4-15)30(29-18)22-9-7-17(25)10-20(22)26/h2-10,12,23,28H,11,13H2,1H3. The normalized spacial score (nSPS) is 16.2. The lowest BCUT2D eigenvalue weighted by molar-refractivity contribution is 0.580. The molecule has 1 aliphatic rings. The van der Waals surface area contributed by atoms with Crippen LogP contribution in [-0.2, 0) is 10.0 Å². The van der Waals surface area contributed by atoms with Crippen molar-refractivity contribution in [2.75, 3.05) is 11.6 Å². The van der Waals surface area contributed by atoms with E-state index in [4.69, 9.17) is 34.8 Å². The largest absolute Gasteiger partial charge is 0.256 e. The highest BCUT2D eigenvalue weighted by atomic mass is 35.5. The first-order valence-corrected chi connectivity index (χ1v) is 12.6. The zero-order valence-corrected chi connectivity index (χ0v) is 20.5. The van der Waals surface area contributed by atoms with Gasteiger partial charge in [0.1, 0.15) is 5.82 Å². The number of anilines is 1. The first kappa shape index (κ1) is 24.0. The average Bonchev–Trinajstić information content (AvgIpc) is 3.19. The van der Waals surface area contributed by atoms with Crippen LogP contribution < -0.4 is 9.73 Å². The van der Waals surface area contributed by atoms with Gasteiger partial charge in [-0.15, -0.1) is 0 Å². The van der Waals surface area contributed by atoms with Crippen LogP contribution in [0.15, 0.2) is 70.7 Å². The second kappa shape index (κ2) is 9.60. The lowest BCUT2D eigenvalue weighted by atomic mass is 10.0. The Labute approximate surface area is 206 Å². The number of hydrogen-bond donors (Lipinski definition) is 1. The smallest absolute Gasteiger partial charge is 0.241 e. The molecule has 10 heteroatoms. The van der Waals surface area contributed by atoms with Crippen LogP contribution in [0.4, 0.5) is 10.1 Å². The molecule has 0 amide bonds. The molecule has 0 aromatic heterocycles. The summed E-state index contributed by atoms with van der Waals surface area (Å²) < 4.78 is 41.8. The summed E-state index contributed by atoms with van der Waals surface area (Å²) in [6.45, 7) is 1.53. The number of nitrogens with zero attached hydrogens (tertiary/aromatic N) is 2. The van der Waals surface area contributed by atoms with E-state index in [1.807, 2.05) is 12.1 Å². The zero-order chi connectivity index (χ0) is 23.8. The number of sulfonamides is 1. The second-order valence-corrected chi connectivity index (χ2v) is 10.7. The number of hydrogen-bond acceptors (Lipinski definition) is 4. The van der Waals surface area contributed by atoms with Gasteiger partial charge in [-0.3, -0.25) is 5.01 Å². The SMILES string of the molecule is Cc1ccc(S(=O)(=O)NCC2=NN(c3ccc(Cl)cc3Cl)C(c3ccc(Cl)cc3)C2)cc1F. The third-order valence-electron chi connectivity index (χ3n) is 5.30. The van der Waals surface area contributed by atoms with Crippen LogP contribution in [0.3, 0.4) is 0 Å². The molecule has 0 bridgehead atoms. The molecule has 1 aliphatic heterocycles. The van der Waals surface area contributed by atoms with Crippen LogP contribution in [-0.4, -0.2) is 20.7 Å². The lowest BCUT2D eigenvalue weighted by Gasteiger charge is -2.25. The summed E-state index contributed by atoms with van der Waals surface area (Å²) in [5, 5.41) is 7.91. The molecule has 0 spiro atoms. The Kier molecular flexibility index (Phi) is 6.98. The molecule has 3 aromatic carbocycles. The maximum absolute atomic E-state index is 13.9. The highest BCUT2D eigenvalue weighted by Gasteiger charge is 2.31. The number of rotatable bonds is 6. The molecule has 0 saturated heterocycles. The van der Waals surface area contributed by atoms with Gasteiger partial charge in [-0.1, -0.05) is 53.0 Å². The molecule has 0 aliphatic carbocycles. The molecule has 0 radical (unpaired) electrons. The number of hydrazone groups is 1. The van der Waals surface area contributed by atoms with Crippen molar-refractivity contribution in [2.24, 2.45) is 5.10 Å². The molecule has 0 saturated carbocycles. The molecule has 33 heavy (non-hydrogen) atoms. The van der Waals surface area contributed by atoms with Crippen LogP contribution in [0.1, 0.15) is 23.6 Å². The van der Waals surface area contributed by atoms with Gasteiger partial charge in [-0.2, -0.15) is 5.10 Å². The van der Waals surface area contributed by atoms with Crippen LogP contribution >= 0.6 is 34.8 Å². The fourth-order valence-electron chi connectivity index (χ4n) is 3.52. The van der Waals surface area contributed by atoms with Gasteiger partial charge in [-0.05, 0) is 60.5 Å². The lowest BCUT2D eigenvalue weighted by Crippen LogP contribution is -2.29. The van der Waals surface area contributed by atoms with Crippen LogP contribution in [0.2, 0.25) is 15.1 Å². The number of aryl methyl sites for hydroxylation is 1. The number of nitrogens with one attached hydrogen (secondary N) is 1. The van der Waals surface area contributed by atoms with Gasteiger partial charge < -0.3 is 0 Å². The van der Waals surface area contributed by atoms with E-state index in [1.54, 1.807) is 42.3 Å². The zero-order valence-electron chi connectivity index (χ0n) is 17.4. The van der Waals surface area contributed by atoms with E-state index >= 15 is 0 Å². The molecule has 3 aromatic rings. The minimum atomic E-state index is -3.92. The molecule has 172 valence electrons. The molecule has 5 nitrogen and oxygen atoms in total. The van der Waals surface area contributed by atoms with Crippen molar-refractivity contribution >= 4 is 56.2 Å². The molecule has 1 N–H and O–H groups in total. The topological polar surface area (TPSA) is 61.8 Å². The predicted octanol–water partition coefficient (Wildman–Crippen LogP) is 6.38. The molecule has 1 unspecified atom stereocenters. The minimum Gasteiger partial charge on any atom is -0.256 e. The molecule has 1 atom stereocenters. The van der Waals surface area contributed by atoms with Crippen LogP contribution in [0.5, 0.6) is 0 Å². The van der Waals surface area contributed by atoms with Gasteiger partial charge in [0.05, 0.1) is 33.9 Å².